The molecule has 1 aromatic carbocycles. The molecule has 2 heterocycles. The van der Waals surface area contributed by atoms with Gasteiger partial charge in [-0.2, -0.15) is 13.2 Å². The third kappa shape index (κ3) is 5.69. The van der Waals surface area contributed by atoms with Crippen molar-refractivity contribution in [3.8, 4) is 5.88 Å². The number of benzene rings is 1. The molecule has 2 aromatic rings. The van der Waals surface area contributed by atoms with Crippen LogP contribution in [0.2, 0.25) is 0 Å². The Labute approximate surface area is 169 Å². The predicted octanol–water partition coefficient (Wildman–Crippen LogP) is 3.51. The van der Waals surface area contributed by atoms with Gasteiger partial charge in [0.05, 0.1) is 17.9 Å². The van der Waals surface area contributed by atoms with Crippen LogP contribution in [0.1, 0.15) is 35.0 Å². The van der Waals surface area contributed by atoms with Crippen LogP contribution in [0, 0.1) is 0 Å². The van der Waals surface area contributed by atoms with E-state index in [0.717, 1.165) is 35.7 Å². The maximum atomic E-state index is 12.5. The maximum absolute atomic E-state index is 12.5. The van der Waals surface area contributed by atoms with Crippen LogP contribution in [0.15, 0.2) is 41.7 Å². The molecule has 29 heavy (non-hydrogen) atoms. The van der Waals surface area contributed by atoms with E-state index in [1.165, 1.54) is 11.8 Å². The Morgan fingerprint density at radius 3 is 2.76 bits per heavy atom. The van der Waals surface area contributed by atoms with E-state index in [2.05, 4.69) is 19.7 Å². The zero-order valence-corrected chi connectivity index (χ0v) is 16.4. The monoisotopic (exact) mass is 424 g/mol. The number of ether oxygens (including phenoxy) is 1. The molecule has 1 aliphatic heterocycles. The highest BCUT2D eigenvalue weighted by Gasteiger charge is 2.30. The first-order valence-corrected chi connectivity index (χ1v) is 9.75. The lowest BCUT2D eigenvalue weighted by Crippen LogP contribution is -2.28. The molecule has 0 aliphatic carbocycles. The highest BCUT2D eigenvalue weighted by Crippen LogP contribution is 2.35. The van der Waals surface area contributed by atoms with E-state index in [1.54, 1.807) is 0 Å². The molecule has 1 aliphatic rings. The fourth-order valence-corrected chi connectivity index (χ4v) is 3.85. The number of nitrogens with two attached hydrogens (primary N) is 1. The molecule has 0 saturated carbocycles. The fraction of sp³-hybridized carbons (Fsp3) is 0.368. The van der Waals surface area contributed by atoms with Crippen molar-refractivity contribution < 1.29 is 22.7 Å². The zero-order chi connectivity index (χ0) is 21.1. The lowest BCUT2D eigenvalue weighted by Gasteiger charge is -2.30. The number of halogens is 3. The number of rotatable bonds is 6. The van der Waals surface area contributed by atoms with Crippen LogP contribution >= 0.6 is 11.8 Å². The number of thioether (sulfide) groups is 1. The fourth-order valence-electron chi connectivity index (χ4n) is 2.88. The molecule has 3 rings (SSSR count). The summed E-state index contributed by atoms with van der Waals surface area (Å²) in [6.45, 7) is 0.539. The van der Waals surface area contributed by atoms with Crippen LogP contribution in [0.5, 0.6) is 5.88 Å². The third-order valence-corrected chi connectivity index (χ3v) is 5.20. The average Bonchev–Trinajstić information content (AvgIpc) is 2.66. The first-order chi connectivity index (χ1) is 13.6. The van der Waals surface area contributed by atoms with Gasteiger partial charge in [0.1, 0.15) is 5.69 Å². The molecule has 1 atom stereocenters. The van der Waals surface area contributed by atoms with Crippen LogP contribution in [0.25, 0.3) is 0 Å². The van der Waals surface area contributed by atoms with E-state index in [1.807, 2.05) is 31.2 Å². The molecular weight excluding hydrogens is 405 g/mol. The number of nitrogens with zero attached hydrogens (tertiary/aromatic N) is 3. The summed E-state index contributed by atoms with van der Waals surface area (Å²) in [5, 5.41) is 0.545. The van der Waals surface area contributed by atoms with E-state index in [9.17, 15) is 18.0 Å². The van der Waals surface area contributed by atoms with Crippen LogP contribution in [0.3, 0.4) is 0 Å². The molecule has 0 amide bonds. The van der Waals surface area contributed by atoms with Gasteiger partial charge in [-0.3, -0.25) is 9.79 Å². The second-order valence-corrected chi connectivity index (χ2v) is 7.88. The average molecular weight is 424 g/mol. The predicted molar refractivity (Wildman–Crippen MR) is 104 cm³/mol. The molecule has 1 aromatic heterocycles. The minimum Gasteiger partial charge on any atom is -0.467 e. The van der Waals surface area contributed by atoms with E-state index >= 15 is 0 Å². The summed E-state index contributed by atoms with van der Waals surface area (Å²) in [4.78, 5) is 24.6. The largest absolute Gasteiger partial charge is 0.467 e. The smallest absolute Gasteiger partial charge is 0.422 e. The molecule has 2 N–H and O–H groups in total. The molecule has 0 unspecified atom stereocenters. The first kappa shape index (κ1) is 21.1. The van der Waals surface area contributed by atoms with Gasteiger partial charge in [-0.05, 0) is 24.5 Å². The lowest BCUT2D eigenvalue weighted by atomic mass is 9.88. The molecule has 10 heteroatoms. The van der Waals surface area contributed by atoms with Gasteiger partial charge in [0.15, 0.2) is 17.6 Å². The van der Waals surface area contributed by atoms with Gasteiger partial charge < -0.3 is 10.5 Å². The number of carbonyl (C=O) groups excluding carboxylic acids is 1. The summed E-state index contributed by atoms with van der Waals surface area (Å²) in [7, 11) is 0. The van der Waals surface area contributed by atoms with Crippen LogP contribution in [0.4, 0.5) is 13.2 Å². The second kappa shape index (κ2) is 8.40. The van der Waals surface area contributed by atoms with Gasteiger partial charge in [0, 0.05) is 12.2 Å². The summed E-state index contributed by atoms with van der Waals surface area (Å²) in [6, 6.07) is 7.55. The Morgan fingerprint density at radius 1 is 1.31 bits per heavy atom. The Bertz CT molecular complexity index is 918. The zero-order valence-electron chi connectivity index (χ0n) is 15.6. The Balaban J connectivity index is 1.69. The summed E-state index contributed by atoms with van der Waals surface area (Å²) in [5.74, 6) is 0.275. The van der Waals surface area contributed by atoms with Crippen molar-refractivity contribution in [1.29, 1.82) is 0 Å². The maximum Gasteiger partial charge on any atom is 0.422 e. The number of aliphatic imine (C=N–C) groups is 1. The minimum atomic E-state index is -4.47. The van der Waals surface area contributed by atoms with Crippen LogP contribution in [-0.2, 0) is 12.0 Å². The van der Waals surface area contributed by atoms with Crippen LogP contribution in [-0.4, -0.2) is 39.5 Å². The third-order valence-electron chi connectivity index (χ3n) is 4.41. The number of amidine groups is 1. The summed E-state index contributed by atoms with van der Waals surface area (Å²) < 4.78 is 41.0. The van der Waals surface area contributed by atoms with Gasteiger partial charge in [0.25, 0.3) is 0 Å². The molecule has 0 fully saturated rings. The highest BCUT2D eigenvalue weighted by atomic mass is 32.2. The highest BCUT2D eigenvalue weighted by molar-refractivity contribution is 8.13. The minimum absolute atomic E-state index is 0.0531. The Kier molecular flexibility index (Phi) is 6.11. The van der Waals surface area contributed by atoms with Gasteiger partial charge in [-0.1, -0.05) is 36.0 Å². The molecule has 0 spiro atoms. The van der Waals surface area contributed by atoms with E-state index < -0.39 is 18.3 Å². The second-order valence-electron chi connectivity index (χ2n) is 6.77. The van der Waals surface area contributed by atoms with Crippen molar-refractivity contribution in [2.24, 2.45) is 10.7 Å². The number of carbonyl (C=O) groups is 1. The molecule has 6 nitrogen and oxygen atoms in total. The van der Waals surface area contributed by atoms with Crippen molar-refractivity contribution in [3.63, 3.8) is 0 Å². The number of Topliss-reactive ketones (excluding diaryl/α,β-unsaturated/α-hetero) is 1. The SMILES string of the molecule is C[C@@]1(c2cccc(CC(=O)c3cnc(OCC(F)(F)F)cn3)c2)CCSC(N)=N1. The van der Waals surface area contributed by atoms with Gasteiger partial charge in [0.2, 0.25) is 5.88 Å². The number of ketones is 1. The van der Waals surface area contributed by atoms with Crippen molar-refractivity contribution >= 4 is 22.7 Å². The standard InChI is InChI=1S/C19H19F3N4O2S/c1-18(5-6-29-17(23)26-18)13-4-2-3-12(7-13)8-15(27)14-9-25-16(10-24-14)28-11-19(20,21)22/h2-4,7,9-10H,5-6,8,11H2,1H3,(H2,23,26)/t18-/m0/s1. The number of alkyl halides is 3. The van der Waals surface area contributed by atoms with Crippen molar-refractivity contribution in [2.75, 3.05) is 12.4 Å². The lowest BCUT2D eigenvalue weighted by molar-refractivity contribution is -0.154. The first-order valence-electron chi connectivity index (χ1n) is 8.77. The van der Waals surface area contributed by atoms with E-state index in [-0.39, 0.29) is 23.8 Å². The molecular formula is C19H19F3N4O2S. The molecule has 0 radical (unpaired) electrons. The molecule has 154 valence electrons. The number of hydrogen-bond donors (Lipinski definition) is 1. The van der Waals surface area contributed by atoms with E-state index in [4.69, 9.17) is 5.73 Å². The number of aromatic nitrogens is 2. The topological polar surface area (TPSA) is 90.5 Å². The van der Waals surface area contributed by atoms with Crippen molar-refractivity contribution in [3.05, 3.63) is 53.5 Å². The quantitative estimate of drug-likeness (QED) is 0.714. The van der Waals surface area contributed by atoms with E-state index in [0.29, 0.717) is 5.17 Å². The van der Waals surface area contributed by atoms with Gasteiger partial charge in [-0.15, -0.1) is 0 Å². The normalized spacial score (nSPS) is 19.5. The number of hydrogen-bond acceptors (Lipinski definition) is 7. The molecule has 0 bridgehead atoms. The summed E-state index contributed by atoms with van der Waals surface area (Å²) >= 11 is 1.52. The summed E-state index contributed by atoms with van der Waals surface area (Å²) in [6.07, 6.45) is -1.43. The Hall–Kier alpha value is -2.62. The van der Waals surface area contributed by atoms with Crippen molar-refractivity contribution in [1.82, 2.24) is 9.97 Å². The summed E-state index contributed by atoms with van der Waals surface area (Å²) in [5.41, 5.74) is 7.23. The van der Waals surface area contributed by atoms with Gasteiger partial charge >= 0.3 is 6.18 Å². The molecule has 0 saturated heterocycles. The van der Waals surface area contributed by atoms with Crippen molar-refractivity contribution in [2.45, 2.75) is 31.5 Å². The van der Waals surface area contributed by atoms with Gasteiger partial charge in [-0.25, -0.2) is 9.97 Å². The van der Waals surface area contributed by atoms with Crippen LogP contribution < -0.4 is 10.5 Å². The Morgan fingerprint density at radius 2 is 2.10 bits per heavy atom.